The zero-order chi connectivity index (χ0) is 23.8. The third-order valence-electron chi connectivity index (χ3n) is 5.37. The highest BCUT2D eigenvalue weighted by molar-refractivity contribution is 6.46. The molecule has 1 heterocycles. The van der Waals surface area contributed by atoms with E-state index in [0.717, 1.165) is 12.0 Å². The second-order valence-corrected chi connectivity index (χ2v) is 7.72. The molecular formula is C26H31NO6. The quantitative estimate of drug-likeness (QED) is 0.236. The number of ketones is 1. The van der Waals surface area contributed by atoms with Crippen molar-refractivity contribution in [3.8, 4) is 11.5 Å². The molecule has 1 aliphatic rings. The lowest BCUT2D eigenvalue weighted by molar-refractivity contribution is -0.140. The van der Waals surface area contributed by atoms with Gasteiger partial charge in [0.25, 0.3) is 11.7 Å². The maximum atomic E-state index is 13.1. The Morgan fingerprint density at radius 3 is 2.42 bits per heavy atom. The number of hydrogen-bond acceptors (Lipinski definition) is 6. The average molecular weight is 454 g/mol. The highest BCUT2D eigenvalue weighted by atomic mass is 16.5. The van der Waals surface area contributed by atoms with E-state index in [2.05, 4.69) is 0 Å². The van der Waals surface area contributed by atoms with E-state index >= 15 is 0 Å². The first kappa shape index (κ1) is 24.3. The van der Waals surface area contributed by atoms with Crippen molar-refractivity contribution >= 4 is 17.4 Å². The van der Waals surface area contributed by atoms with Crippen molar-refractivity contribution in [2.24, 2.45) is 0 Å². The van der Waals surface area contributed by atoms with Gasteiger partial charge in [-0.2, -0.15) is 0 Å². The van der Waals surface area contributed by atoms with Crippen LogP contribution in [0.5, 0.6) is 11.5 Å². The SMILES string of the molecule is CCCOc1ccc(C2/C(=C(\O)c3cccc(OCC)c3)C(=O)C(=O)N2CCCOC)cc1. The molecule has 1 N–H and O–H groups in total. The molecule has 0 spiro atoms. The molecular weight excluding hydrogens is 422 g/mol. The number of Topliss-reactive ketones (excluding diaryl/α,β-unsaturated/α-hetero) is 1. The number of carbonyl (C=O) groups excluding carboxylic acids is 2. The fourth-order valence-corrected chi connectivity index (χ4v) is 3.86. The Morgan fingerprint density at radius 2 is 1.76 bits per heavy atom. The zero-order valence-electron chi connectivity index (χ0n) is 19.4. The van der Waals surface area contributed by atoms with Crippen molar-refractivity contribution in [2.75, 3.05) is 33.5 Å². The summed E-state index contributed by atoms with van der Waals surface area (Å²) in [4.78, 5) is 27.5. The van der Waals surface area contributed by atoms with Crippen LogP contribution < -0.4 is 9.47 Å². The largest absolute Gasteiger partial charge is 0.507 e. The van der Waals surface area contributed by atoms with Crippen LogP contribution >= 0.6 is 0 Å². The minimum Gasteiger partial charge on any atom is -0.507 e. The number of ether oxygens (including phenoxy) is 3. The first-order valence-electron chi connectivity index (χ1n) is 11.2. The van der Waals surface area contributed by atoms with Crippen molar-refractivity contribution in [3.63, 3.8) is 0 Å². The zero-order valence-corrected chi connectivity index (χ0v) is 19.4. The Kier molecular flexibility index (Phi) is 8.49. The minimum atomic E-state index is -0.710. The molecule has 1 unspecified atom stereocenters. The molecule has 1 amide bonds. The smallest absolute Gasteiger partial charge is 0.295 e. The van der Waals surface area contributed by atoms with Gasteiger partial charge in [-0.15, -0.1) is 0 Å². The van der Waals surface area contributed by atoms with Gasteiger partial charge in [-0.1, -0.05) is 31.2 Å². The van der Waals surface area contributed by atoms with E-state index in [1.54, 1.807) is 31.4 Å². The summed E-state index contributed by atoms with van der Waals surface area (Å²) in [5, 5.41) is 11.2. The standard InChI is InChI=1S/C26H31NO6/c1-4-15-33-20-12-10-18(11-13-20)23-22(25(29)26(30)27(23)14-7-16-31-3)24(28)19-8-6-9-21(17-19)32-5-2/h6,8-13,17,23,28H,4-5,7,14-16H2,1-3H3/b24-22+. The summed E-state index contributed by atoms with van der Waals surface area (Å²) in [6, 6.07) is 13.4. The first-order chi connectivity index (χ1) is 16.0. The fourth-order valence-electron chi connectivity index (χ4n) is 3.86. The number of likely N-dealkylation sites (tertiary alicyclic amines) is 1. The summed E-state index contributed by atoms with van der Waals surface area (Å²) >= 11 is 0. The van der Waals surface area contributed by atoms with E-state index in [9.17, 15) is 14.7 Å². The minimum absolute atomic E-state index is 0.0632. The third kappa shape index (κ3) is 5.54. The molecule has 7 heteroatoms. The Balaban J connectivity index is 2.05. The van der Waals surface area contributed by atoms with Crippen LogP contribution in [0.4, 0.5) is 0 Å². The van der Waals surface area contributed by atoms with Crippen LogP contribution in [0.1, 0.15) is 43.9 Å². The molecule has 0 aromatic heterocycles. The predicted molar refractivity (Wildman–Crippen MR) is 125 cm³/mol. The van der Waals surface area contributed by atoms with E-state index in [4.69, 9.17) is 14.2 Å². The van der Waals surface area contributed by atoms with E-state index in [1.807, 2.05) is 38.1 Å². The highest BCUT2D eigenvalue weighted by Gasteiger charge is 2.45. The van der Waals surface area contributed by atoms with Crippen molar-refractivity contribution in [1.82, 2.24) is 4.90 Å². The van der Waals surface area contributed by atoms with Crippen LogP contribution in [0.2, 0.25) is 0 Å². The van der Waals surface area contributed by atoms with Gasteiger partial charge in [-0.3, -0.25) is 9.59 Å². The molecule has 0 aliphatic carbocycles. The van der Waals surface area contributed by atoms with Crippen LogP contribution in [-0.2, 0) is 14.3 Å². The lowest BCUT2D eigenvalue weighted by Gasteiger charge is -2.25. The van der Waals surface area contributed by atoms with Crippen LogP contribution in [0.3, 0.4) is 0 Å². The number of rotatable bonds is 11. The molecule has 1 atom stereocenters. The molecule has 1 aliphatic heterocycles. The lowest BCUT2D eigenvalue weighted by Crippen LogP contribution is -2.31. The normalized spacial score (nSPS) is 17.4. The second-order valence-electron chi connectivity index (χ2n) is 7.72. The summed E-state index contributed by atoms with van der Waals surface area (Å²) in [6.07, 6.45) is 1.46. The molecule has 0 saturated carbocycles. The van der Waals surface area contributed by atoms with Crippen LogP contribution in [0.15, 0.2) is 54.1 Å². The fraction of sp³-hybridized carbons (Fsp3) is 0.385. The third-order valence-corrected chi connectivity index (χ3v) is 5.37. The van der Waals surface area contributed by atoms with Crippen molar-refractivity contribution < 1.29 is 28.9 Å². The molecule has 3 rings (SSSR count). The van der Waals surface area contributed by atoms with Gasteiger partial charge >= 0.3 is 0 Å². The van der Waals surface area contributed by atoms with Crippen LogP contribution in [0, 0.1) is 0 Å². The molecule has 2 aromatic rings. The van der Waals surface area contributed by atoms with Gasteiger partial charge in [-0.25, -0.2) is 0 Å². The summed E-state index contributed by atoms with van der Waals surface area (Å²) in [7, 11) is 1.59. The number of nitrogens with zero attached hydrogens (tertiary/aromatic N) is 1. The number of aliphatic hydroxyl groups excluding tert-OH is 1. The number of benzene rings is 2. The van der Waals surface area contributed by atoms with Crippen LogP contribution in [0.25, 0.3) is 5.76 Å². The molecule has 7 nitrogen and oxygen atoms in total. The van der Waals surface area contributed by atoms with Crippen molar-refractivity contribution in [2.45, 2.75) is 32.7 Å². The van der Waals surface area contributed by atoms with E-state index in [0.29, 0.717) is 49.8 Å². The van der Waals surface area contributed by atoms with Gasteiger partial charge in [0.1, 0.15) is 17.3 Å². The van der Waals surface area contributed by atoms with Crippen LogP contribution in [-0.4, -0.2) is 55.2 Å². The van der Waals surface area contributed by atoms with E-state index < -0.39 is 17.7 Å². The molecule has 1 fully saturated rings. The summed E-state index contributed by atoms with van der Waals surface area (Å²) in [6.45, 7) is 5.75. The van der Waals surface area contributed by atoms with Gasteiger partial charge in [0.05, 0.1) is 24.8 Å². The Labute approximate surface area is 194 Å². The highest BCUT2D eigenvalue weighted by Crippen LogP contribution is 2.40. The Morgan fingerprint density at radius 1 is 1.00 bits per heavy atom. The molecule has 2 aromatic carbocycles. The van der Waals surface area contributed by atoms with E-state index in [-0.39, 0.29) is 11.3 Å². The van der Waals surface area contributed by atoms with E-state index in [1.165, 1.54) is 4.90 Å². The first-order valence-corrected chi connectivity index (χ1v) is 11.2. The number of aliphatic hydroxyl groups is 1. The summed E-state index contributed by atoms with van der Waals surface area (Å²) in [5.74, 6) is -0.278. The van der Waals surface area contributed by atoms with Gasteiger partial charge in [0.2, 0.25) is 0 Å². The van der Waals surface area contributed by atoms with Gasteiger partial charge in [0.15, 0.2) is 0 Å². The molecule has 33 heavy (non-hydrogen) atoms. The number of amides is 1. The number of methoxy groups -OCH3 is 1. The second kappa shape index (κ2) is 11.5. The van der Waals surface area contributed by atoms with Gasteiger partial charge in [0, 0.05) is 25.8 Å². The van der Waals surface area contributed by atoms with Crippen molar-refractivity contribution in [3.05, 3.63) is 65.2 Å². The number of carbonyl (C=O) groups is 2. The molecule has 1 saturated heterocycles. The molecule has 176 valence electrons. The van der Waals surface area contributed by atoms with Gasteiger partial charge in [-0.05, 0) is 49.6 Å². The maximum Gasteiger partial charge on any atom is 0.295 e. The summed E-state index contributed by atoms with van der Waals surface area (Å²) < 4.78 is 16.3. The van der Waals surface area contributed by atoms with Crippen molar-refractivity contribution in [1.29, 1.82) is 0 Å². The Hall–Kier alpha value is -3.32. The molecule has 0 radical (unpaired) electrons. The van der Waals surface area contributed by atoms with Gasteiger partial charge < -0.3 is 24.2 Å². The molecule has 0 bridgehead atoms. The maximum absolute atomic E-state index is 13.1. The Bertz CT molecular complexity index is 998. The topological polar surface area (TPSA) is 85.3 Å². The average Bonchev–Trinajstić information content (AvgIpc) is 3.08. The predicted octanol–water partition coefficient (Wildman–Crippen LogP) is 4.33. The number of hydrogen-bond donors (Lipinski definition) is 1. The lowest BCUT2D eigenvalue weighted by atomic mass is 9.95. The summed E-state index contributed by atoms with van der Waals surface area (Å²) in [5.41, 5.74) is 1.20. The monoisotopic (exact) mass is 453 g/mol.